The monoisotopic (exact) mass is 317 g/mol. The molecular formula is C13H11N5O3S. The lowest BCUT2D eigenvalue weighted by Gasteiger charge is -2.07. The first-order valence-corrected chi connectivity index (χ1v) is 7.39. The smallest absolute Gasteiger partial charge is 0.294 e. The molecule has 2 heterocycles. The largest absolute Gasteiger partial charge is 0.301 e. The number of rotatable bonds is 3. The minimum absolute atomic E-state index is 0.160. The minimum atomic E-state index is -0.520. The molecule has 0 unspecified atom stereocenters. The van der Waals surface area contributed by atoms with E-state index in [0.717, 1.165) is 5.75 Å². The molecular weight excluding hydrogens is 306 g/mol. The van der Waals surface area contributed by atoms with Crippen LogP contribution < -0.4 is 5.32 Å². The average Bonchev–Trinajstić information content (AvgIpc) is 3.19. The van der Waals surface area contributed by atoms with E-state index in [1.54, 1.807) is 6.20 Å². The van der Waals surface area contributed by atoms with Crippen molar-refractivity contribution in [3.63, 3.8) is 0 Å². The van der Waals surface area contributed by atoms with Crippen LogP contribution in [0.5, 0.6) is 0 Å². The van der Waals surface area contributed by atoms with E-state index in [1.165, 1.54) is 47.1 Å². The Hall–Kier alpha value is -2.68. The summed E-state index contributed by atoms with van der Waals surface area (Å²) in [5.41, 5.74) is 0.407. The van der Waals surface area contributed by atoms with E-state index in [9.17, 15) is 14.9 Å². The highest BCUT2D eigenvalue weighted by Crippen LogP contribution is 2.24. The van der Waals surface area contributed by atoms with Crippen LogP contribution in [-0.4, -0.2) is 37.8 Å². The lowest BCUT2D eigenvalue weighted by Crippen LogP contribution is -2.27. The molecule has 1 N–H and O–H groups in total. The molecule has 1 amide bonds. The number of nitro groups is 1. The molecule has 0 saturated heterocycles. The van der Waals surface area contributed by atoms with Crippen molar-refractivity contribution in [2.45, 2.75) is 0 Å². The summed E-state index contributed by atoms with van der Waals surface area (Å²) >= 11 is 1.45. The molecule has 2 aromatic rings. The van der Waals surface area contributed by atoms with Gasteiger partial charge in [0.2, 0.25) is 0 Å². The lowest BCUT2D eigenvalue weighted by atomic mass is 10.1. The third-order valence-electron chi connectivity index (χ3n) is 3.02. The summed E-state index contributed by atoms with van der Waals surface area (Å²) in [6, 6.07) is 4.32. The predicted molar refractivity (Wildman–Crippen MR) is 82.4 cm³/mol. The van der Waals surface area contributed by atoms with Crippen LogP contribution in [0.1, 0.15) is 10.4 Å². The fourth-order valence-corrected chi connectivity index (χ4v) is 2.73. The molecule has 0 bridgehead atoms. The van der Waals surface area contributed by atoms with Crippen molar-refractivity contribution in [1.82, 2.24) is 14.9 Å². The van der Waals surface area contributed by atoms with Gasteiger partial charge in [0, 0.05) is 29.8 Å². The lowest BCUT2D eigenvalue weighted by molar-refractivity contribution is -0.384. The Kier molecular flexibility index (Phi) is 3.88. The molecule has 112 valence electrons. The van der Waals surface area contributed by atoms with Crippen LogP contribution in [0.3, 0.4) is 0 Å². The fourth-order valence-electron chi connectivity index (χ4n) is 2.01. The van der Waals surface area contributed by atoms with Gasteiger partial charge in [-0.3, -0.25) is 19.9 Å². The van der Waals surface area contributed by atoms with E-state index in [1.807, 2.05) is 0 Å². The van der Waals surface area contributed by atoms with Gasteiger partial charge in [-0.2, -0.15) is 0 Å². The number of amides is 1. The van der Waals surface area contributed by atoms with Crippen molar-refractivity contribution in [3.8, 4) is 5.69 Å². The fraction of sp³-hybridized carbons (Fsp3) is 0.154. The zero-order valence-corrected chi connectivity index (χ0v) is 12.1. The number of carbonyl (C=O) groups excluding carboxylic acids is 1. The number of aromatic nitrogens is 2. The highest BCUT2D eigenvalue weighted by atomic mass is 32.2. The molecule has 22 heavy (non-hydrogen) atoms. The molecule has 1 aliphatic heterocycles. The number of carbonyl (C=O) groups is 1. The number of aliphatic imine (C=N–C) groups is 1. The number of thioether (sulfide) groups is 1. The second-order valence-electron chi connectivity index (χ2n) is 4.42. The summed E-state index contributed by atoms with van der Waals surface area (Å²) in [7, 11) is 0. The molecule has 0 fully saturated rings. The molecule has 9 heteroatoms. The predicted octanol–water partition coefficient (Wildman–Crippen LogP) is 1.61. The highest BCUT2D eigenvalue weighted by Gasteiger charge is 2.20. The van der Waals surface area contributed by atoms with Gasteiger partial charge in [0.1, 0.15) is 5.69 Å². The number of amidine groups is 1. The van der Waals surface area contributed by atoms with E-state index in [4.69, 9.17) is 0 Å². The standard InChI is InChI=1S/C13H11N5O3S/c19-12(16-13-15-4-6-22-13)9-1-2-10(11(7-9)18(20)21)17-5-3-14-8-17/h1-3,5,7-8H,4,6H2,(H,15,16,19). The van der Waals surface area contributed by atoms with Crippen molar-refractivity contribution < 1.29 is 9.72 Å². The van der Waals surface area contributed by atoms with Crippen LogP contribution in [0.25, 0.3) is 5.69 Å². The van der Waals surface area contributed by atoms with Crippen molar-refractivity contribution in [2.24, 2.45) is 4.99 Å². The van der Waals surface area contributed by atoms with Gasteiger partial charge in [-0.05, 0) is 12.1 Å². The Morgan fingerprint density at radius 2 is 2.32 bits per heavy atom. The molecule has 1 aromatic heterocycles. The molecule has 0 saturated carbocycles. The minimum Gasteiger partial charge on any atom is -0.301 e. The molecule has 0 radical (unpaired) electrons. The van der Waals surface area contributed by atoms with Crippen molar-refractivity contribution in [1.29, 1.82) is 0 Å². The van der Waals surface area contributed by atoms with Gasteiger partial charge in [0.05, 0.1) is 17.8 Å². The van der Waals surface area contributed by atoms with Gasteiger partial charge in [0.15, 0.2) is 5.17 Å². The van der Waals surface area contributed by atoms with Gasteiger partial charge in [0.25, 0.3) is 11.6 Å². The number of imidazole rings is 1. The van der Waals surface area contributed by atoms with Crippen LogP contribution in [0.15, 0.2) is 41.9 Å². The average molecular weight is 317 g/mol. The topological polar surface area (TPSA) is 102 Å². The molecule has 0 spiro atoms. The second kappa shape index (κ2) is 5.98. The summed E-state index contributed by atoms with van der Waals surface area (Å²) < 4.78 is 1.52. The molecule has 0 aliphatic carbocycles. The van der Waals surface area contributed by atoms with Gasteiger partial charge < -0.3 is 9.88 Å². The Morgan fingerprint density at radius 1 is 1.45 bits per heavy atom. The van der Waals surface area contributed by atoms with Gasteiger partial charge in [-0.25, -0.2) is 4.98 Å². The first-order valence-electron chi connectivity index (χ1n) is 6.40. The third kappa shape index (κ3) is 2.84. The summed E-state index contributed by atoms with van der Waals surface area (Å²) in [6.07, 6.45) is 4.60. The van der Waals surface area contributed by atoms with E-state index >= 15 is 0 Å². The van der Waals surface area contributed by atoms with E-state index in [0.29, 0.717) is 17.4 Å². The quantitative estimate of drug-likeness (QED) is 0.684. The van der Waals surface area contributed by atoms with E-state index in [-0.39, 0.29) is 11.3 Å². The van der Waals surface area contributed by atoms with Crippen LogP contribution in [-0.2, 0) is 0 Å². The van der Waals surface area contributed by atoms with E-state index < -0.39 is 10.8 Å². The third-order valence-corrected chi connectivity index (χ3v) is 3.91. The number of hydrogen-bond acceptors (Lipinski definition) is 6. The first kappa shape index (κ1) is 14.3. The SMILES string of the molecule is O=C(NC1=NCCS1)c1ccc(-n2ccnc2)c([N+](=O)[O-])c1. The number of nitro benzene ring substituents is 1. The van der Waals surface area contributed by atoms with Gasteiger partial charge >= 0.3 is 0 Å². The van der Waals surface area contributed by atoms with Crippen LogP contribution >= 0.6 is 11.8 Å². The maximum atomic E-state index is 12.1. The normalized spacial score (nSPS) is 13.7. The summed E-state index contributed by atoms with van der Waals surface area (Å²) in [6.45, 7) is 0.667. The van der Waals surface area contributed by atoms with Gasteiger partial charge in [-0.15, -0.1) is 0 Å². The number of nitrogens with zero attached hydrogens (tertiary/aromatic N) is 4. The molecule has 1 aromatic carbocycles. The Bertz CT molecular complexity index is 757. The maximum absolute atomic E-state index is 12.1. The van der Waals surface area contributed by atoms with Crippen LogP contribution in [0, 0.1) is 10.1 Å². The first-order chi connectivity index (χ1) is 10.6. The summed E-state index contributed by atoms with van der Waals surface area (Å²) in [4.78, 5) is 30.8. The number of benzene rings is 1. The second-order valence-corrected chi connectivity index (χ2v) is 5.50. The number of nitrogens with one attached hydrogen (secondary N) is 1. The van der Waals surface area contributed by atoms with Crippen LogP contribution in [0.4, 0.5) is 5.69 Å². The zero-order chi connectivity index (χ0) is 15.5. The summed E-state index contributed by atoms with van der Waals surface area (Å²) in [5.74, 6) is 0.420. The van der Waals surface area contributed by atoms with Crippen molar-refractivity contribution >= 4 is 28.5 Å². The Balaban J connectivity index is 1.92. The summed E-state index contributed by atoms with van der Waals surface area (Å²) in [5, 5.41) is 14.4. The van der Waals surface area contributed by atoms with Crippen LogP contribution in [0.2, 0.25) is 0 Å². The number of hydrogen-bond donors (Lipinski definition) is 1. The molecule has 1 aliphatic rings. The highest BCUT2D eigenvalue weighted by molar-refractivity contribution is 8.14. The zero-order valence-electron chi connectivity index (χ0n) is 11.3. The molecule has 8 nitrogen and oxygen atoms in total. The van der Waals surface area contributed by atoms with Gasteiger partial charge in [-0.1, -0.05) is 11.8 Å². The molecule has 0 atom stereocenters. The van der Waals surface area contributed by atoms with Crippen molar-refractivity contribution in [3.05, 3.63) is 52.6 Å². The Labute approximate surface area is 129 Å². The Morgan fingerprint density at radius 3 is 2.95 bits per heavy atom. The van der Waals surface area contributed by atoms with Crippen molar-refractivity contribution in [2.75, 3.05) is 12.3 Å². The van der Waals surface area contributed by atoms with E-state index in [2.05, 4.69) is 15.3 Å². The molecule has 3 rings (SSSR count). The maximum Gasteiger partial charge on any atom is 0.294 e.